The van der Waals surface area contributed by atoms with Gasteiger partial charge < -0.3 is 5.11 Å². The van der Waals surface area contributed by atoms with E-state index in [1.165, 1.54) is 0 Å². The highest BCUT2D eigenvalue weighted by atomic mass is 16.4. The molecule has 1 N–H and O–H groups in total. The van der Waals surface area contributed by atoms with Gasteiger partial charge in [-0.05, 0) is 12.0 Å². The van der Waals surface area contributed by atoms with Crippen LogP contribution in [0.5, 0.6) is 0 Å². The van der Waals surface area contributed by atoms with Crippen molar-refractivity contribution < 1.29 is 14.7 Å². The molecule has 0 amide bonds. The molecule has 0 saturated heterocycles. The molecule has 0 aliphatic rings. The average Bonchev–Trinajstić information content (AvgIpc) is 2.46. The Morgan fingerprint density at radius 1 is 1.00 bits per heavy atom. The summed E-state index contributed by atoms with van der Waals surface area (Å²) in [6.07, 6.45) is 0.581. The van der Waals surface area contributed by atoms with Gasteiger partial charge in [-0.3, -0.25) is 4.79 Å². The minimum atomic E-state index is -1.06. The maximum absolute atomic E-state index is 12.4. The zero-order valence-corrected chi connectivity index (χ0v) is 10.6. The zero-order valence-electron chi connectivity index (χ0n) is 10.6. The summed E-state index contributed by atoms with van der Waals surface area (Å²) in [5, 5.41) is 9.32. The molecule has 0 aliphatic carbocycles. The molecule has 3 nitrogen and oxygen atoms in total. The van der Waals surface area contributed by atoms with E-state index in [1.54, 1.807) is 42.5 Å². The average molecular weight is 254 g/mol. The van der Waals surface area contributed by atoms with Crippen LogP contribution in [-0.4, -0.2) is 16.9 Å². The normalized spacial score (nSPS) is 10.2. The molecule has 0 saturated carbocycles. The zero-order chi connectivity index (χ0) is 13.8. The van der Waals surface area contributed by atoms with E-state index in [9.17, 15) is 14.7 Å². The smallest absolute Gasteiger partial charge is 0.336 e. The highest BCUT2D eigenvalue weighted by Crippen LogP contribution is 2.19. The summed E-state index contributed by atoms with van der Waals surface area (Å²) in [7, 11) is 0. The molecule has 0 aliphatic heterocycles. The van der Waals surface area contributed by atoms with E-state index in [2.05, 4.69) is 0 Å². The Morgan fingerprint density at radius 3 is 2.26 bits per heavy atom. The molecule has 2 rings (SSSR count). The number of ketones is 1. The number of hydrogen-bond donors (Lipinski definition) is 1. The van der Waals surface area contributed by atoms with E-state index in [0.29, 0.717) is 17.5 Å². The first-order valence-electron chi connectivity index (χ1n) is 6.10. The minimum Gasteiger partial charge on any atom is -0.478 e. The fourth-order valence-corrected chi connectivity index (χ4v) is 2.08. The number of carbonyl (C=O) groups is 2. The first kappa shape index (κ1) is 13.0. The lowest BCUT2D eigenvalue weighted by molar-refractivity contribution is 0.0691. The lowest BCUT2D eigenvalue weighted by Gasteiger charge is -2.09. The van der Waals surface area contributed by atoms with Gasteiger partial charge in [0.15, 0.2) is 5.78 Å². The summed E-state index contributed by atoms with van der Waals surface area (Å²) in [6.45, 7) is 1.87. The van der Waals surface area contributed by atoms with Crippen molar-refractivity contribution >= 4 is 11.8 Å². The Kier molecular flexibility index (Phi) is 3.76. The third-order valence-corrected chi connectivity index (χ3v) is 3.03. The molecule has 0 aromatic heterocycles. The number of carboxylic acids is 1. The Bertz CT molecular complexity index is 615. The van der Waals surface area contributed by atoms with Gasteiger partial charge in [0.1, 0.15) is 0 Å². The first-order valence-corrected chi connectivity index (χ1v) is 6.10. The fraction of sp³-hybridized carbons (Fsp3) is 0.125. The summed E-state index contributed by atoms with van der Waals surface area (Å²) >= 11 is 0. The molecule has 19 heavy (non-hydrogen) atoms. The van der Waals surface area contributed by atoms with Gasteiger partial charge in [-0.2, -0.15) is 0 Å². The highest BCUT2D eigenvalue weighted by Gasteiger charge is 2.20. The third-order valence-electron chi connectivity index (χ3n) is 3.03. The minimum absolute atomic E-state index is 0.110. The van der Waals surface area contributed by atoms with Crippen molar-refractivity contribution in [3.05, 3.63) is 70.8 Å². The van der Waals surface area contributed by atoms with Gasteiger partial charge in [0.25, 0.3) is 0 Å². The summed E-state index contributed by atoms with van der Waals surface area (Å²) < 4.78 is 0. The van der Waals surface area contributed by atoms with Gasteiger partial charge in [0.2, 0.25) is 0 Å². The van der Waals surface area contributed by atoms with Crippen molar-refractivity contribution in [3.63, 3.8) is 0 Å². The molecule has 96 valence electrons. The molecule has 0 atom stereocenters. The van der Waals surface area contributed by atoms with Gasteiger partial charge >= 0.3 is 5.97 Å². The Hall–Kier alpha value is -2.42. The van der Waals surface area contributed by atoms with E-state index in [0.717, 1.165) is 0 Å². The lowest BCUT2D eigenvalue weighted by Crippen LogP contribution is -2.12. The topological polar surface area (TPSA) is 54.4 Å². The lowest BCUT2D eigenvalue weighted by atomic mass is 9.93. The van der Waals surface area contributed by atoms with Crippen LogP contribution < -0.4 is 0 Å². The van der Waals surface area contributed by atoms with E-state index >= 15 is 0 Å². The van der Waals surface area contributed by atoms with Crippen LogP contribution in [0.25, 0.3) is 0 Å². The number of benzene rings is 2. The third kappa shape index (κ3) is 2.55. The Morgan fingerprint density at radius 2 is 1.68 bits per heavy atom. The van der Waals surface area contributed by atoms with E-state index in [1.807, 2.05) is 13.0 Å². The van der Waals surface area contributed by atoms with Crippen LogP contribution >= 0.6 is 0 Å². The van der Waals surface area contributed by atoms with Crippen molar-refractivity contribution in [2.24, 2.45) is 0 Å². The largest absolute Gasteiger partial charge is 0.478 e. The molecule has 2 aromatic rings. The molecule has 0 heterocycles. The van der Waals surface area contributed by atoms with Crippen LogP contribution in [0, 0.1) is 0 Å². The van der Waals surface area contributed by atoms with Crippen molar-refractivity contribution in [3.8, 4) is 0 Å². The maximum Gasteiger partial charge on any atom is 0.336 e. The second-order valence-electron chi connectivity index (χ2n) is 4.19. The fourth-order valence-electron chi connectivity index (χ4n) is 2.08. The van der Waals surface area contributed by atoms with Crippen molar-refractivity contribution in [1.29, 1.82) is 0 Å². The van der Waals surface area contributed by atoms with Crippen LogP contribution in [0.15, 0.2) is 48.5 Å². The SMILES string of the molecule is CCc1cccc(C(=O)c2ccccc2)c1C(=O)O. The summed E-state index contributed by atoms with van der Waals surface area (Å²) in [4.78, 5) is 23.8. The van der Waals surface area contributed by atoms with Crippen LogP contribution in [0.1, 0.15) is 38.8 Å². The van der Waals surface area contributed by atoms with Crippen LogP contribution in [0.4, 0.5) is 0 Å². The maximum atomic E-state index is 12.4. The monoisotopic (exact) mass is 254 g/mol. The molecule has 0 fully saturated rings. The summed E-state index contributed by atoms with van der Waals surface area (Å²) in [5.41, 5.74) is 1.53. The van der Waals surface area contributed by atoms with E-state index < -0.39 is 5.97 Å². The molecular formula is C16H14O3. The number of rotatable bonds is 4. The van der Waals surface area contributed by atoms with Gasteiger partial charge in [-0.15, -0.1) is 0 Å². The second-order valence-corrected chi connectivity index (χ2v) is 4.19. The predicted octanol–water partition coefficient (Wildman–Crippen LogP) is 3.18. The van der Waals surface area contributed by atoms with Crippen molar-refractivity contribution in [1.82, 2.24) is 0 Å². The Labute approximate surface area is 111 Å². The molecule has 0 unspecified atom stereocenters. The first-order chi connectivity index (χ1) is 9.15. The van der Waals surface area contributed by atoms with Gasteiger partial charge in [0.05, 0.1) is 5.56 Å². The summed E-state index contributed by atoms with van der Waals surface area (Å²) in [5.74, 6) is -1.31. The second kappa shape index (κ2) is 5.48. The molecule has 0 bridgehead atoms. The standard InChI is InChI=1S/C16H14O3/c1-2-11-9-6-10-13(14(11)16(18)19)15(17)12-7-4-3-5-8-12/h3-10H,2H2,1H3,(H,18,19). The predicted molar refractivity (Wildman–Crippen MR) is 72.7 cm³/mol. The van der Waals surface area contributed by atoms with E-state index in [-0.39, 0.29) is 16.9 Å². The molecule has 0 radical (unpaired) electrons. The molecule has 0 spiro atoms. The van der Waals surface area contributed by atoms with Crippen LogP contribution in [-0.2, 0) is 6.42 Å². The molecule has 3 heteroatoms. The summed E-state index contributed by atoms with van der Waals surface area (Å²) in [6, 6.07) is 13.7. The molecular weight excluding hydrogens is 240 g/mol. The van der Waals surface area contributed by atoms with Gasteiger partial charge in [-0.25, -0.2) is 4.79 Å². The number of carbonyl (C=O) groups excluding carboxylic acids is 1. The van der Waals surface area contributed by atoms with Gasteiger partial charge in [-0.1, -0.05) is 55.5 Å². The Balaban J connectivity index is 2.57. The quantitative estimate of drug-likeness (QED) is 0.852. The van der Waals surface area contributed by atoms with Gasteiger partial charge in [0, 0.05) is 11.1 Å². The molecule has 2 aromatic carbocycles. The van der Waals surface area contributed by atoms with Crippen molar-refractivity contribution in [2.75, 3.05) is 0 Å². The highest BCUT2D eigenvalue weighted by molar-refractivity contribution is 6.14. The van der Waals surface area contributed by atoms with E-state index in [4.69, 9.17) is 0 Å². The number of carboxylic acid groups (broad SMARTS) is 1. The van der Waals surface area contributed by atoms with Crippen LogP contribution in [0.3, 0.4) is 0 Å². The van der Waals surface area contributed by atoms with Crippen LogP contribution in [0.2, 0.25) is 0 Å². The van der Waals surface area contributed by atoms with Crippen molar-refractivity contribution in [2.45, 2.75) is 13.3 Å². The number of aromatic carboxylic acids is 1. The number of hydrogen-bond acceptors (Lipinski definition) is 2. The number of aryl methyl sites for hydroxylation is 1.